The molecule has 0 saturated heterocycles. The minimum Gasteiger partial charge on any atom is -0.325 e. The second-order valence-electron chi connectivity index (χ2n) is 4.70. The molecule has 0 aromatic heterocycles. The van der Waals surface area contributed by atoms with Gasteiger partial charge in [0.2, 0.25) is 15.9 Å². The van der Waals surface area contributed by atoms with Gasteiger partial charge in [0.1, 0.15) is 0 Å². The van der Waals surface area contributed by atoms with E-state index < -0.39 is 15.9 Å². The van der Waals surface area contributed by atoms with E-state index in [9.17, 15) is 13.2 Å². The third-order valence-electron chi connectivity index (χ3n) is 2.85. The molecule has 7 heteroatoms. The molecule has 2 rings (SSSR count). The van der Waals surface area contributed by atoms with E-state index in [1.807, 2.05) is 0 Å². The van der Waals surface area contributed by atoms with Gasteiger partial charge in [-0.2, -0.15) is 0 Å². The summed E-state index contributed by atoms with van der Waals surface area (Å²) in [5.74, 6) is -0.460. The van der Waals surface area contributed by atoms with Crippen molar-refractivity contribution in [1.29, 1.82) is 0 Å². The van der Waals surface area contributed by atoms with Crippen LogP contribution in [-0.2, 0) is 14.8 Å². The molecule has 0 atom stereocenters. The van der Waals surface area contributed by atoms with E-state index >= 15 is 0 Å². The molecular weight excluding hydrogens is 324 g/mol. The van der Waals surface area contributed by atoms with Crippen molar-refractivity contribution in [3.05, 3.63) is 59.1 Å². The van der Waals surface area contributed by atoms with Crippen molar-refractivity contribution >= 4 is 33.2 Å². The zero-order chi connectivity index (χ0) is 16.2. The van der Waals surface area contributed by atoms with Gasteiger partial charge < -0.3 is 5.32 Å². The maximum absolute atomic E-state index is 12.1. The van der Waals surface area contributed by atoms with Gasteiger partial charge in [0, 0.05) is 10.7 Å². The number of hydrogen-bond donors (Lipinski definition) is 2. The van der Waals surface area contributed by atoms with Crippen LogP contribution >= 0.6 is 11.6 Å². The number of anilines is 1. The van der Waals surface area contributed by atoms with Gasteiger partial charge in [0.25, 0.3) is 0 Å². The third-order valence-corrected chi connectivity index (χ3v) is 4.50. The molecule has 22 heavy (non-hydrogen) atoms. The molecule has 0 heterocycles. The van der Waals surface area contributed by atoms with Gasteiger partial charge in [-0.05, 0) is 48.9 Å². The predicted octanol–water partition coefficient (Wildman–Crippen LogP) is 2.57. The highest BCUT2D eigenvalue weighted by molar-refractivity contribution is 7.89. The lowest BCUT2D eigenvalue weighted by Gasteiger charge is -2.08. The van der Waals surface area contributed by atoms with Crippen molar-refractivity contribution in [2.45, 2.75) is 11.8 Å². The van der Waals surface area contributed by atoms with Gasteiger partial charge in [-0.3, -0.25) is 4.79 Å². The number of sulfonamides is 1. The molecule has 0 bridgehead atoms. The van der Waals surface area contributed by atoms with Crippen LogP contribution in [0.4, 0.5) is 5.69 Å². The molecule has 0 aliphatic rings. The lowest BCUT2D eigenvalue weighted by atomic mass is 10.2. The second kappa shape index (κ2) is 6.91. The number of nitrogens with one attached hydrogen (secondary N) is 2. The number of halogens is 1. The smallest absolute Gasteiger partial charge is 0.241 e. The summed E-state index contributed by atoms with van der Waals surface area (Å²) in [6.07, 6.45) is 0. The van der Waals surface area contributed by atoms with Crippen molar-refractivity contribution in [2.75, 3.05) is 11.9 Å². The van der Waals surface area contributed by atoms with E-state index in [0.29, 0.717) is 10.7 Å². The number of rotatable bonds is 5. The van der Waals surface area contributed by atoms with Gasteiger partial charge in [-0.15, -0.1) is 0 Å². The summed E-state index contributed by atoms with van der Waals surface area (Å²) in [7, 11) is -3.71. The monoisotopic (exact) mass is 338 g/mol. The van der Waals surface area contributed by atoms with Crippen molar-refractivity contribution < 1.29 is 13.2 Å². The van der Waals surface area contributed by atoms with Gasteiger partial charge in [0.15, 0.2) is 0 Å². The maximum Gasteiger partial charge on any atom is 0.241 e. The van der Waals surface area contributed by atoms with Crippen molar-refractivity contribution in [2.24, 2.45) is 0 Å². The number of amides is 1. The predicted molar refractivity (Wildman–Crippen MR) is 86.4 cm³/mol. The Kier molecular flexibility index (Phi) is 5.18. The van der Waals surface area contributed by atoms with Crippen LogP contribution < -0.4 is 10.0 Å². The second-order valence-corrected chi connectivity index (χ2v) is 6.90. The average molecular weight is 339 g/mol. The van der Waals surface area contributed by atoms with E-state index in [0.717, 1.165) is 5.56 Å². The summed E-state index contributed by atoms with van der Waals surface area (Å²) in [6.45, 7) is 1.45. The van der Waals surface area contributed by atoms with Gasteiger partial charge in [-0.1, -0.05) is 23.7 Å². The summed E-state index contributed by atoms with van der Waals surface area (Å²) in [5.41, 5.74) is 1.37. The molecule has 0 unspecified atom stereocenters. The molecule has 2 N–H and O–H groups in total. The minimum absolute atomic E-state index is 0.131. The first kappa shape index (κ1) is 16.5. The molecule has 0 saturated carbocycles. The Morgan fingerprint density at radius 2 is 1.82 bits per heavy atom. The van der Waals surface area contributed by atoms with Crippen LogP contribution in [-0.4, -0.2) is 20.9 Å². The van der Waals surface area contributed by atoms with Crippen molar-refractivity contribution in [1.82, 2.24) is 4.72 Å². The third kappa shape index (κ3) is 4.56. The molecule has 2 aromatic rings. The summed E-state index contributed by atoms with van der Waals surface area (Å²) < 4.78 is 26.4. The van der Waals surface area contributed by atoms with E-state index in [1.165, 1.54) is 6.07 Å². The summed E-state index contributed by atoms with van der Waals surface area (Å²) in [6, 6.07) is 13.0. The van der Waals surface area contributed by atoms with Crippen LogP contribution in [0.1, 0.15) is 5.56 Å². The van der Waals surface area contributed by atoms with Crippen molar-refractivity contribution in [3.8, 4) is 0 Å². The average Bonchev–Trinajstić information content (AvgIpc) is 2.48. The first-order valence-electron chi connectivity index (χ1n) is 6.48. The van der Waals surface area contributed by atoms with Gasteiger partial charge in [-0.25, -0.2) is 13.1 Å². The first-order chi connectivity index (χ1) is 10.4. The van der Waals surface area contributed by atoms with Gasteiger partial charge >= 0.3 is 0 Å². The Morgan fingerprint density at radius 3 is 2.45 bits per heavy atom. The lowest BCUT2D eigenvalue weighted by molar-refractivity contribution is -0.115. The SMILES string of the molecule is Cc1cccc(S(=O)(=O)NCC(=O)Nc2ccc(Cl)cc2)c1. The van der Waals surface area contributed by atoms with Crippen LogP contribution in [0.2, 0.25) is 5.02 Å². The Labute approximate surface area is 134 Å². The molecule has 116 valence electrons. The van der Waals surface area contributed by atoms with E-state index in [-0.39, 0.29) is 11.4 Å². The highest BCUT2D eigenvalue weighted by Crippen LogP contribution is 2.13. The summed E-state index contributed by atoms with van der Waals surface area (Å²) in [4.78, 5) is 11.9. The normalized spacial score (nSPS) is 11.2. The number of benzene rings is 2. The molecule has 0 aliphatic heterocycles. The lowest BCUT2D eigenvalue weighted by Crippen LogP contribution is -2.32. The van der Waals surface area contributed by atoms with E-state index in [1.54, 1.807) is 49.4 Å². The topological polar surface area (TPSA) is 75.3 Å². The fraction of sp³-hybridized carbons (Fsp3) is 0.133. The first-order valence-corrected chi connectivity index (χ1v) is 8.35. The number of carbonyl (C=O) groups is 1. The van der Waals surface area contributed by atoms with Crippen LogP contribution in [0.3, 0.4) is 0 Å². The number of aryl methyl sites for hydroxylation is 1. The van der Waals surface area contributed by atoms with E-state index in [2.05, 4.69) is 10.0 Å². The molecule has 0 aliphatic carbocycles. The van der Waals surface area contributed by atoms with Crippen molar-refractivity contribution in [3.63, 3.8) is 0 Å². The highest BCUT2D eigenvalue weighted by atomic mass is 35.5. The summed E-state index contributed by atoms with van der Waals surface area (Å²) >= 11 is 5.75. The zero-order valence-electron chi connectivity index (χ0n) is 11.8. The molecule has 5 nitrogen and oxygen atoms in total. The quantitative estimate of drug-likeness (QED) is 0.879. The maximum atomic E-state index is 12.1. The Bertz CT molecular complexity index is 774. The largest absolute Gasteiger partial charge is 0.325 e. The Morgan fingerprint density at radius 1 is 1.14 bits per heavy atom. The molecule has 0 fully saturated rings. The van der Waals surface area contributed by atoms with Crippen LogP contribution in [0.15, 0.2) is 53.4 Å². The molecular formula is C15H15ClN2O3S. The fourth-order valence-corrected chi connectivity index (χ4v) is 2.98. The number of carbonyl (C=O) groups excluding carboxylic acids is 1. The highest BCUT2D eigenvalue weighted by Gasteiger charge is 2.15. The van der Waals surface area contributed by atoms with Gasteiger partial charge in [0.05, 0.1) is 11.4 Å². The molecule has 1 amide bonds. The molecule has 0 spiro atoms. The Hall–Kier alpha value is -1.89. The zero-order valence-corrected chi connectivity index (χ0v) is 13.4. The van der Waals surface area contributed by atoms with Crippen LogP contribution in [0, 0.1) is 6.92 Å². The number of hydrogen-bond acceptors (Lipinski definition) is 3. The molecule has 2 aromatic carbocycles. The minimum atomic E-state index is -3.71. The summed E-state index contributed by atoms with van der Waals surface area (Å²) in [5, 5.41) is 3.13. The van der Waals surface area contributed by atoms with Crippen LogP contribution in [0.5, 0.6) is 0 Å². The standard InChI is InChI=1S/C15H15ClN2O3S/c1-11-3-2-4-14(9-11)22(20,21)17-10-15(19)18-13-7-5-12(16)6-8-13/h2-9,17H,10H2,1H3,(H,18,19). The van der Waals surface area contributed by atoms with E-state index in [4.69, 9.17) is 11.6 Å². The fourth-order valence-electron chi connectivity index (χ4n) is 1.76. The Balaban J connectivity index is 1.97. The molecule has 0 radical (unpaired) electrons. The van der Waals surface area contributed by atoms with Crippen LogP contribution in [0.25, 0.3) is 0 Å².